The molecule has 152 valence electrons. The van der Waals surface area contributed by atoms with Crippen molar-refractivity contribution in [1.82, 2.24) is 20.0 Å². The maximum atomic E-state index is 4.63. The highest BCUT2D eigenvalue weighted by Crippen LogP contribution is 2.22. The molecule has 0 radical (unpaired) electrons. The second-order valence-electron chi connectivity index (χ2n) is 8.17. The first-order valence-electron chi connectivity index (χ1n) is 10.8. The Morgan fingerprint density at radius 2 is 1.66 bits per heavy atom. The van der Waals surface area contributed by atoms with Gasteiger partial charge in [-0.1, -0.05) is 48.5 Å². The number of piperidine rings is 1. The molecule has 29 heavy (non-hydrogen) atoms. The summed E-state index contributed by atoms with van der Waals surface area (Å²) in [5.74, 6) is 0. The van der Waals surface area contributed by atoms with Gasteiger partial charge in [-0.3, -0.25) is 0 Å². The van der Waals surface area contributed by atoms with Crippen molar-refractivity contribution in [3.05, 3.63) is 83.7 Å². The van der Waals surface area contributed by atoms with Gasteiger partial charge in [-0.2, -0.15) is 5.10 Å². The van der Waals surface area contributed by atoms with Crippen LogP contribution in [0.25, 0.3) is 5.69 Å². The number of hydrogen-bond donors (Lipinski definition) is 1. The highest BCUT2D eigenvalue weighted by molar-refractivity contribution is 5.35. The van der Waals surface area contributed by atoms with Gasteiger partial charge in [-0.25, -0.2) is 4.68 Å². The van der Waals surface area contributed by atoms with Gasteiger partial charge in [0.15, 0.2) is 0 Å². The summed E-state index contributed by atoms with van der Waals surface area (Å²) in [5.41, 5.74) is 5.07. The minimum Gasteiger partial charge on any atom is -0.307 e. The highest BCUT2D eigenvalue weighted by Gasteiger charge is 2.22. The van der Waals surface area contributed by atoms with Crippen molar-refractivity contribution < 1.29 is 0 Å². The molecule has 4 rings (SSSR count). The Bertz CT molecular complexity index is 880. The molecule has 2 aromatic carbocycles. The lowest BCUT2D eigenvalue weighted by Crippen LogP contribution is -2.43. The van der Waals surface area contributed by atoms with Crippen LogP contribution in [-0.2, 0) is 6.42 Å². The zero-order valence-corrected chi connectivity index (χ0v) is 17.6. The first-order chi connectivity index (χ1) is 14.2. The molecule has 1 aromatic heterocycles. The van der Waals surface area contributed by atoms with Crippen LogP contribution in [0.5, 0.6) is 0 Å². The Morgan fingerprint density at radius 1 is 1.00 bits per heavy atom. The molecule has 1 aliphatic heterocycles. The molecule has 1 unspecified atom stereocenters. The molecule has 4 nitrogen and oxygen atoms in total. The Kier molecular flexibility index (Phi) is 6.43. The molecular formula is C25H32N4. The third-order valence-electron chi connectivity index (χ3n) is 6.15. The Morgan fingerprint density at radius 3 is 2.34 bits per heavy atom. The molecule has 1 fully saturated rings. The zero-order valence-electron chi connectivity index (χ0n) is 17.6. The number of aromatic nitrogens is 2. The number of nitrogens with zero attached hydrogens (tertiary/aromatic N) is 3. The average Bonchev–Trinajstić information content (AvgIpc) is 3.16. The molecule has 0 aliphatic carbocycles. The number of benzene rings is 2. The van der Waals surface area contributed by atoms with E-state index in [0.29, 0.717) is 12.1 Å². The topological polar surface area (TPSA) is 33.1 Å². The molecule has 3 aromatic rings. The third-order valence-corrected chi connectivity index (χ3v) is 6.15. The molecule has 4 heteroatoms. The smallest absolute Gasteiger partial charge is 0.0648 e. The van der Waals surface area contributed by atoms with Gasteiger partial charge in [-0.05, 0) is 63.9 Å². The predicted molar refractivity (Wildman–Crippen MR) is 119 cm³/mol. The normalized spacial score (nSPS) is 16.8. The van der Waals surface area contributed by atoms with E-state index in [1.807, 2.05) is 16.9 Å². The van der Waals surface area contributed by atoms with Crippen molar-refractivity contribution >= 4 is 0 Å². The Balaban J connectivity index is 1.28. The van der Waals surface area contributed by atoms with E-state index in [4.69, 9.17) is 0 Å². The van der Waals surface area contributed by atoms with Crippen LogP contribution in [0.3, 0.4) is 0 Å². The highest BCUT2D eigenvalue weighted by atomic mass is 15.3. The van der Waals surface area contributed by atoms with Gasteiger partial charge in [0.05, 0.1) is 11.9 Å². The van der Waals surface area contributed by atoms with Gasteiger partial charge in [0.2, 0.25) is 0 Å². The SMILES string of the molecule is Cc1c(C(C)NC2CCN(CCc3ccccc3)CC2)cnn1-c1ccccc1. The molecule has 1 atom stereocenters. The molecule has 0 saturated carbocycles. The summed E-state index contributed by atoms with van der Waals surface area (Å²) in [6.45, 7) is 7.95. The van der Waals surface area contributed by atoms with Crippen molar-refractivity contribution in [2.24, 2.45) is 0 Å². The molecule has 0 bridgehead atoms. The monoisotopic (exact) mass is 388 g/mol. The predicted octanol–water partition coefficient (Wildman–Crippen LogP) is 4.54. The van der Waals surface area contributed by atoms with Crippen molar-refractivity contribution in [2.45, 2.75) is 45.2 Å². The van der Waals surface area contributed by atoms with E-state index in [1.54, 1.807) is 0 Å². The van der Waals surface area contributed by atoms with Gasteiger partial charge >= 0.3 is 0 Å². The third kappa shape index (κ3) is 4.95. The van der Waals surface area contributed by atoms with E-state index in [-0.39, 0.29) is 0 Å². The van der Waals surface area contributed by atoms with E-state index in [9.17, 15) is 0 Å². The van der Waals surface area contributed by atoms with E-state index < -0.39 is 0 Å². The fourth-order valence-electron chi connectivity index (χ4n) is 4.38. The maximum absolute atomic E-state index is 4.63. The lowest BCUT2D eigenvalue weighted by atomic mass is 10.0. The fraction of sp³-hybridized carbons (Fsp3) is 0.400. The summed E-state index contributed by atoms with van der Waals surface area (Å²) >= 11 is 0. The van der Waals surface area contributed by atoms with Crippen LogP contribution < -0.4 is 5.32 Å². The van der Waals surface area contributed by atoms with E-state index in [1.165, 1.54) is 42.8 Å². The van der Waals surface area contributed by atoms with Crippen molar-refractivity contribution in [1.29, 1.82) is 0 Å². The summed E-state index contributed by atoms with van der Waals surface area (Å²) in [7, 11) is 0. The summed E-state index contributed by atoms with van der Waals surface area (Å²) in [6, 6.07) is 22.1. The molecule has 0 spiro atoms. The standard InChI is InChI=1S/C25H32N4/c1-20(25-19-26-29(21(25)2)24-11-7-4-8-12-24)27-23-14-17-28(18-15-23)16-13-22-9-5-3-6-10-22/h3-12,19-20,23,27H,13-18H2,1-2H3. The van der Waals surface area contributed by atoms with Crippen molar-refractivity contribution in [3.8, 4) is 5.69 Å². The summed E-state index contributed by atoms with van der Waals surface area (Å²) in [5, 5.41) is 8.49. The van der Waals surface area contributed by atoms with Crippen LogP contribution in [-0.4, -0.2) is 40.4 Å². The van der Waals surface area contributed by atoms with Gasteiger partial charge in [0, 0.05) is 29.9 Å². The number of rotatable bonds is 7. The molecule has 1 N–H and O–H groups in total. The molecule has 0 amide bonds. The summed E-state index contributed by atoms with van der Waals surface area (Å²) < 4.78 is 2.04. The van der Waals surface area contributed by atoms with Crippen LogP contribution in [0, 0.1) is 6.92 Å². The van der Waals surface area contributed by atoms with Gasteiger partial charge < -0.3 is 10.2 Å². The zero-order chi connectivity index (χ0) is 20.1. The Labute approximate surface area is 174 Å². The van der Waals surface area contributed by atoms with Gasteiger partial charge in [0.25, 0.3) is 0 Å². The molecule has 1 aliphatic rings. The van der Waals surface area contributed by atoms with E-state index >= 15 is 0 Å². The largest absolute Gasteiger partial charge is 0.307 e. The van der Waals surface area contributed by atoms with Crippen molar-refractivity contribution in [2.75, 3.05) is 19.6 Å². The van der Waals surface area contributed by atoms with Crippen LogP contribution in [0.2, 0.25) is 0 Å². The second-order valence-corrected chi connectivity index (χ2v) is 8.17. The average molecular weight is 389 g/mol. The molecule has 1 saturated heterocycles. The summed E-state index contributed by atoms with van der Waals surface area (Å²) in [6.07, 6.45) is 5.60. The lowest BCUT2D eigenvalue weighted by molar-refractivity contribution is 0.194. The number of para-hydroxylation sites is 1. The Hall–Kier alpha value is -2.43. The van der Waals surface area contributed by atoms with Crippen LogP contribution in [0.15, 0.2) is 66.9 Å². The lowest BCUT2D eigenvalue weighted by Gasteiger charge is -2.34. The van der Waals surface area contributed by atoms with Crippen LogP contribution in [0.4, 0.5) is 0 Å². The van der Waals surface area contributed by atoms with E-state index in [2.05, 4.69) is 83.8 Å². The second kappa shape index (κ2) is 9.38. The minimum absolute atomic E-state index is 0.313. The molecular weight excluding hydrogens is 356 g/mol. The first-order valence-corrected chi connectivity index (χ1v) is 10.8. The van der Waals surface area contributed by atoms with Crippen LogP contribution in [0.1, 0.15) is 42.6 Å². The molecule has 2 heterocycles. The van der Waals surface area contributed by atoms with Crippen molar-refractivity contribution in [3.63, 3.8) is 0 Å². The summed E-state index contributed by atoms with van der Waals surface area (Å²) in [4.78, 5) is 2.61. The van der Waals surface area contributed by atoms with Gasteiger partial charge in [0.1, 0.15) is 0 Å². The van der Waals surface area contributed by atoms with Crippen LogP contribution >= 0.6 is 0 Å². The fourth-order valence-corrected chi connectivity index (χ4v) is 4.38. The minimum atomic E-state index is 0.313. The number of nitrogens with one attached hydrogen (secondary N) is 1. The maximum Gasteiger partial charge on any atom is 0.0648 e. The first kappa shape index (κ1) is 19.9. The van der Waals surface area contributed by atoms with Gasteiger partial charge in [-0.15, -0.1) is 0 Å². The quantitative estimate of drug-likeness (QED) is 0.645. The number of likely N-dealkylation sites (tertiary alicyclic amines) is 1. The van der Waals surface area contributed by atoms with E-state index in [0.717, 1.165) is 18.7 Å². The number of hydrogen-bond acceptors (Lipinski definition) is 3.